The predicted octanol–water partition coefficient (Wildman–Crippen LogP) is -0.348. The zero-order valence-electron chi connectivity index (χ0n) is 12.3. The Hall–Kier alpha value is -1.67. The Balaban J connectivity index is 2.04. The number of nitrogen functional groups attached to an aromatic ring is 1. The van der Waals surface area contributed by atoms with E-state index < -0.39 is 0 Å². The first-order chi connectivity index (χ1) is 9.56. The highest BCUT2D eigenvalue weighted by atomic mass is 16.5. The molecule has 8 heteroatoms. The Bertz CT molecular complexity index is 434. The van der Waals surface area contributed by atoms with Crippen LogP contribution in [0, 0.1) is 0 Å². The zero-order chi connectivity index (χ0) is 14.5. The van der Waals surface area contributed by atoms with Gasteiger partial charge < -0.3 is 25.6 Å². The summed E-state index contributed by atoms with van der Waals surface area (Å²) in [5.74, 6) is 1.37. The minimum Gasteiger partial charge on any atom is -0.378 e. The van der Waals surface area contributed by atoms with E-state index in [0.29, 0.717) is 31.2 Å². The van der Waals surface area contributed by atoms with Crippen LogP contribution in [0.3, 0.4) is 0 Å². The Morgan fingerprint density at radius 1 is 1.30 bits per heavy atom. The predicted molar refractivity (Wildman–Crippen MR) is 78.9 cm³/mol. The van der Waals surface area contributed by atoms with Crippen molar-refractivity contribution in [1.82, 2.24) is 19.9 Å². The Kier molecular flexibility index (Phi) is 4.91. The van der Waals surface area contributed by atoms with Gasteiger partial charge in [-0.15, -0.1) is 0 Å². The van der Waals surface area contributed by atoms with Gasteiger partial charge in [0.1, 0.15) is 0 Å². The average molecular weight is 281 g/mol. The molecule has 1 saturated heterocycles. The molecule has 1 aliphatic rings. The second-order valence-corrected chi connectivity index (χ2v) is 5.11. The van der Waals surface area contributed by atoms with E-state index in [4.69, 9.17) is 10.5 Å². The standard InChI is InChI=1S/C12H23N7O/c1-9(18(2)3)8-14-11-15-10(13)16-12(17-11)19-4-6-20-7-5-19/h9H,4-8H2,1-3H3,(H3,13,14,15,16,17). The van der Waals surface area contributed by atoms with Crippen LogP contribution < -0.4 is 16.0 Å². The molecular weight excluding hydrogens is 258 g/mol. The molecule has 1 fully saturated rings. The number of morpholine rings is 1. The number of hydrogen-bond donors (Lipinski definition) is 2. The van der Waals surface area contributed by atoms with Crippen LogP contribution in [0.4, 0.5) is 17.8 Å². The lowest BCUT2D eigenvalue weighted by molar-refractivity contribution is 0.122. The quantitative estimate of drug-likeness (QED) is 0.757. The van der Waals surface area contributed by atoms with Crippen molar-refractivity contribution in [3.8, 4) is 0 Å². The molecule has 1 aromatic heterocycles. The third-order valence-electron chi connectivity index (χ3n) is 3.37. The number of nitrogens with two attached hydrogens (primary N) is 1. The molecule has 1 atom stereocenters. The molecule has 0 bridgehead atoms. The fourth-order valence-electron chi connectivity index (χ4n) is 1.79. The van der Waals surface area contributed by atoms with Gasteiger partial charge in [-0.3, -0.25) is 0 Å². The van der Waals surface area contributed by atoms with Gasteiger partial charge >= 0.3 is 0 Å². The van der Waals surface area contributed by atoms with Crippen molar-refractivity contribution >= 4 is 17.8 Å². The first-order valence-electron chi connectivity index (χ1n) is 6.81. The van der Waals surface area contributed by atoms with Gasteiger partial charge in [-0.05, 0) is 21.0 Å². The molecule has 1 aliphatic heterocycles. The maximum atomic E-state index is 5.76. The summed E-state index contributed by atoms with van der Waals surface area (Å²) in [5, 5.41) is 3.20. The number of hydrogen-bond acceptors (Lipinski definition) is 8. The molecule has 2 heterocycles. The van der Waals surface area contributed by atoms with Crippen molar-refractivity contribution in [3.63, 3.8) is 0 Å². The number of nitrogens with zero attached hydrogens (tertiary/aromatic N) is 5. The smallest absolute Gasteiger partial charge is 0.232 e. The first kappa shape index (κ1) is 14.7. The van der Waals surface area contributed by atoms with Gasteiger partial charge in [-0.1, -0.05) is 0 Å². The van der Waals surface area contributed by atoms with Gasteiger partial charge in [-0.2, -0.15) is 15.0 Å². The Morgan fingerprint density at radius 2 is 2.00 bits per heavy atom. The van der Waals surface area contributed by atoms with Gasteiger partial charge in [0.15, 0.2) is 0 Å². The Labute approximate surface area is 119 Å². The molecule has 112 valence electrons. The number of aromatic nitrogens is 3. The highest BCUT2D eigenvalue weighted by molar-refractivity contribution is 5.42. The molecule has 20 heavy (non-hydrogen) atoms. The van der Waals surface area contributed by atoms with Gasteiger partial charge in [0, 0.05) is 25.7 Å². The molecule has 0 aromatic carbocycles. The minimum absolute atomic E-state index is 0.237. The van der Waals surface area contributed by atoms with Crippen LogP contribution in [-0.4, -0.2) is 72.8 Å². The SMILES string of the molecule is CC(CNc1nc(N)nc(N2CCOCC2)n1)N(C)C. The number of ether oxygens (including phenoxy) is 1. The van der Waals surface area contributed by atoms with Crippen LogP contribution in [0.15, 0.2) is 0 Å². The largest absolute Gasteiger partial charge is 0.378 e. The molecule has 0 aliphatic carbocycles. The lowest BCUT2D eigenvalue weighted by atomic mass is 10.3. The highest BCUT2D eigenvalue weighted by Crippen LogP contribution is 2.13. The number of anilines is 3. The second-order valence-electron chi connectivity index (χ2n) is 5.11. The maximum Gasteiger partial charge on any atom is 0.232 e. The molecule has 1 unspecified atom stereocenters. The van der Waals surface area contributed by atoms with Crippen molar-refractivity contribution in [2.75, 3.05) is 62.9 Å². The summed E-state index contributed by atoms with van der Waals surface area (Å²) in [4.78, 5) is 16.9. The summed E-state index contributed by atoms with van der Waals surface area (Å²) in [6.45, 7) is 5.80. The minimum atomic E-state index is 0.237. The summed E-state index contributed by atoms with van der Waals surface area (Å²) in [6, 6.07) is 0.375. The van der Waals surface area contributed by atoms with Gasteiger partial charge in [0.25, 0.3) is 0 Å². The molecule has 0 saturated carbocycles. The summed E-state index contributed by atoms with van der Waals surface area (Å²) in [5.41, 5.74) is 5.76. The highest BCUT2D eigenvalue weighted by Gasteiger charge is 2.16. The van der Waals surface area contributed by atoms with Crippen LogP contribution in [0.5, 0.6) is 0 Å². The molecule has 0 amide bonds. The summed E-state index contributed by atoms with van der Waals surface area (Å²) < 4.78 is 5.32. The molecule has 0 spiro atoms. The van der Waals surface area contributed by atoms with Crippen LogP contribution >= 0.6 is 0 Å². The number of rotatable bonds is 5. The van der Waals surface area contributed by atoms with Crippen LogP contribution in [-0.2, 0) is 4.74 Å². The molecule has 2 rings (SSSR count). The van der Waals surface area contributed by atoms with E-state index in [9.17, 15) is 0 Å². The molecule has 0 radical (unpaired) electrons. The third kappa shape index (κ3) is 3.91. The molecular formula is C12H23N7O. The average Bonchev–Trinajstić information content (AvgIpc) is 2.45. The maximum absolute atomic E-state index is 5.76. The number of likely N-dealkylation sites (N-methyl/N-ethyl adjacent to an activating group) is 1. The fourth-order valence-corrected chi connectivity index (χ4v) is 1.79. The molecule has 3 N–H and O–H groups in total. The van der Waals surface area contributed by atoms with E-state index >= 15 is 0 Å². The molecule has 1 aromatic rings. The van der Waals surface area contributed by atoms with Gasteiger partial charge in [-0.25, -0.2) is 0 Å². The van der Waals surface area contributed by atoms with Gasteiger partial charge in [0.2, 0.25) is 17.8 Å². The van der Waals surface area contributed by atoms with E-state index in [1.165, 1.54) is 0 Å². The summed E-state index contributed by atoms with van der Waals surface area (Å²) in [6.07, 6.45) is 0. The van der Waals surface area contributed by atoms with Crippen LogP contribution in [0.2, 0.25) is 0 Å². The van der Waals surface area contributed by atoms with E-state index in [1.54, 1.807) is 0 Å². The van der Waals surface area contributed by atoms with Crippen molar-refractivity contribution in [3.05, 3.63) is 0 Å². The van der Waals surface area contributed by atoms with E-state index in [2.05, 4.69) is 37.0 Å². The van der Waals surface area contributed by atoms with Crippen molar-refractivity contribution < 1.29 is 4.74 Å². The number of nitrogens with one attached hydrogen (secondary N) is 1. The zero-order valence-corrected chi connectivity index (χ0v) is 12.3. The Morgan fingerprint density at radius 3 is 2.65 bits per heavy atom. The van der Waals surface area contributed by atoms with Crippen molar-refractivity contribution in [2.24, 2.45) is 0 Å². The van der Waals surface area contributed by atoms with Gasteiger partial charge in [0.05, 0.1) is 13.2 Å². The van der Waals surface area contributed by atoms with Crippen molar-refractivity contribution in [1.29, 1.82) is 0 Å². The van der Waals surface area contributed by atoms with E-state index in [1.807, 2.05) is 14.1 Å². The first-order valence-corrected chi connectivity index (χ1v) is 6.81. The van der Waals surface area contributed by atoms with Crippen LogP contribution in [0.1, 0.15) is 6.92 Å². The summed E-state index contributed by atoms with van der Waals surface area (Å²) >= 11 is 0. The van der Waals surface area contributed by atoms with Crippen molar-refractivity contribution in [2.45, 2.75) is 13.0 Å². The normalized spacial score (nSPS) is 17.3. The second kappa shape index (κ2) is 6.67. The van der Waals surface area contributed by atoms with Crippen LogP contribution in [0.25, 0.3) is 0 Å². The molecule has 8 nitrogen and oxygen atoms in total. The fraction of sp³-hybridized carbons (Fsp3) is 0.750. The van der Waals surface area contributed by atoms with E-state index in [-0.39, 0.29) is 5.95 Å². The topological polar surface area (TPSA) is 92.4 Å². The lowest BCUT2D eigenvalue weighted by Gasteiger charge is -2.27. The lowest BCUT2D eigenvalue weighted by Crippen LogP contribution is -2.38. The summed E-state index contributed by atoms with van der Waals surface area (Å²) in [7, 11) is 4.07. The third-order valence-corrected chi connectivity index (χ3v) is 3.37. The monoisotopic (exact) mass is 281 g/mol. The van der Waals surface area contributed by atoms with E-state index in [0.717, 1.165) is 19.6 Å².